The molecule has 0 aliphatic carbocycles. The van der Waals surface area contributed by atoms with Gasteiger partial charge in [0.15, 0.2) is 0 Å². The summed E-state index contributed by atoms with van der Waals surface area (Å²) in [5, 5.41) is 16.8. The number of phenolic OH excluding ortho intramolecular Hbond substituents is 1. The summed E-state index contributed by atoms with van der Waals surface area (Å²) in [6, 6.07) is 18.5. The Bertz CT molecular complexity index is 1350. The zero-order chi connectivity index (χ0) is 24.8. The number of aromatic nitrogens is 2. The Hall–Kier alpha value is -4.17. The van der Waals surface area contributed by atoms with E-state index in [1.807, 2.05) is 18.2 Å². The van der Waals surface area contributed by atoms with Gasteiger partial charge in [0.2, 0.25) is 0 Å². The van der Waals surface area contributed by atoms with E-state index in [4.69, 9.17) is 17.3 Å². The van der Waals surface area contributed by atoms with Gasteiger partial charge in [-0.05, 0) is 60.7 Å². The molecule has 4 rings (SSSR count). The normalized spacial score (nSPS) is 10.7. The molecule has 0 bridgehead atoms. The third-order valence-corrected chi connectivity index (χ3v) is 5.56. The maximum atomic E-state index is 13.4. The Balaban J connectivity index is 1.50. The molecule has 2 aromatic heterocycles. The van der Waals surface area contributed by atoms with Crippen molar-refractivity contribution in [2.24, 2.45) is 0 Å². The summed E-state index contributed by atoms with van der Waals surface area (Å²) in [4.78, 5) is 21.1. The van der Waals surface area contributed by atoms with Crippen molar-refractivity contribution in [2.75, 3.05) is 17.6 Å². The first-order valence-electron chi connectivity index (χ1n) is 10.8. The molecule has 0 aliphatic rings. The van der Waals surface area contributed by atoms with E-state index in [0.29, 0.717) is 46.2 Å². The Labute approximate surface area is 206 Å². The van der Waals surface area contributed by atoms with Crippen LogP contribution in [0.5, 0.6) is 5.75 Å². The monoisotopic (exact) mass is 491 g/mol. The van der Waals surface area contributed by atoms with Gasteiger partial charge in [-0.2, -0.15) is 0 Å². The number of carbonyl (C=O) groups excluding carboxylic acids is 1. The molecule has 4 aromatic rings. The highest BCUT2D eigenvalue weighted by Crippen LogP contribution is 2.33. The number of nitrogens with two attached hydrogens (primary N) is 1. The SMILES string of the molecule is Nc1nc(-c2cc(Nc3ccc(Cl)cc3CF)ccc2O)ccc1C(=O)NCCc1ccccn1. The molecule has 35 heavy (non-hydrogen) atoms. The van der Waals surface area contributed by atoms with Crippen LogP contribution in [0.25, 0.3) is 11.3 Å². The van der Waals surface area contributed by atoms with Crippen molar-refractivity contribution in [1.29, 1.82) is 0 Å². The highest BCUT2D eigenvalue weighted by Gasteiger charge is 2.15. The fourth-order valence-corrected chi connectivity index (χ4v) is 3.73. The smallest absolute Gasteiger partial charge is 0.255 e. The molecule has 0 aliphatic heterocycles. The van der Waals surface area contributed by atoms with Crippen LogP contribution in [0.3, 0.4) is 0 Å². The number of rotatable bonds is 8. The summed E-state index contributed by atoms with van der Waals surface area (Å²) >= 11 is 5.95. The number of nitrogens with zero attached hydrogens (tertiary/aromatic N) is 2. The van der Waals surface area contributed by atoms with Crippen LogP contribution in [0, 0.1) is 0 Å². The lowest BCUT2D eigenvalue weighted by Gasteiger charge is -2.13. The van der Waals surface area contributed by atoms with E-state index >= 15 is 0 Å². The van der Waals surface area contributed by atoms with E-state index in [9.17, 15) is 14.3 Å². The molecule has 0 unspecified atom stereocenters. The number of phenols is 1. The van der Waals surface area contributed by atoms with Crippen LogP contribution in [-0.2, 0) is 13.1 Å². The molecule has 0 fully saturated rings. The van der Waals surface area contributed by atoms with Crippen LogP contribution in [0.1, 0.15) is 21.6 Å². The third kappa shape index (κ3) is 5.85. The Kier molecular flexibility index (Phi) is 7.42. The fourth-order valence-electron chi connectivity index (χ4n) is 3.53. The van der Waals surface area contributed by atoms with Crippen molar-refractivity contribution in [3.63, 3.8) is 0 Å². The predicted molar refractivity (Wildman–Crippen MR) is 136 cm³/mol. The number of hydrogen-bond acceptors (Lipinski definition) is 6. The summed E-state index contributed by atoms with van der Waals surface area (Å²) in [6.45, 7) is -0.283. The van der Waals surface area contributed by atoms with Crippen LogP contribution in [-0.4, -0.2) is 27.5 Å². The third-order valence-electron chi connectivity index (χ3n) is 5.32. The first-order valence-corrected chi connectivity index (χ1v) is 11.2. The Morgan fingerprint density at radius 1 is 1.09 bits per heavy atom. The number of aromatic hydroxyl groups is 1. The van der Waals surface area contributed by atoms with Gasteiger partial charge in [0.1, 0.15) is 18.2 Å². The van der Waals surface area contributed by atoms with Gasteiger partial charge in [-0.3, -0.25) is 9.78 Å². The number of carbonyl (C=O) groups is 1. The molecule has 2 aromatic carbocycles. The van der Waals surface area contributed by atoms with Crippen LogP contribution < -0.4 is 16.4 Å². The number of hydrogen-bond donors (Lipinski definition) is 4. The second-order valence-electron chi connectivity index (χ2n) is 7.75. The number of benzene rings is 2. The Morgan fingerprint density at radius 3 is 2.69 bits per heavy atom. The highest BCUT2D eigenvalue weighted by molar-refractivity contribution is 6.30. The van der Waals surface area contributed by atoms with Crippen molar-refractivity contribution >= 4 is 34.7 Å². The summed E-state index contributed by atoms with van der Waals surface area (Å²) in [5.74, 6) is -0.330. The van der Waals surface area contributed by atoms with Crippen molar-refractivity contribution in [3.05, 3.63) is 94.8 Å². The van der Waals surface area contributed by atoms with Crippen LogP contribution in [0.15, 0.2) is 72.9 Å². The average molecular weight is 492 g/mol. The number of pyridine rings is 2. The fraction of sp³-hybridized carbons (Fsp3) is 0.115. The molecule has 0 saturated heterocycles. The minimum atomic E-state index is -0.683. The molecule has 178 valence electrons. The Morgan fingerprint density at radius 2 is 1.94 bits per heavy atom. The van der Waals surface area contributed by atoms with E-state index in [1.165, 1.54) is 6.07 Å². The van der Waals surface area contributed by atoms with Crippen LogP contribution in [0.2, 0.25) is 5.02 Å². The van der Waals surface area contributed by atoms with Crippen molar-refractivity contribution in [1.82, 2.24) is 15.3 Å². The summed E-state index contributed by atoms with van der Waals surface area (Å²) in [6.07, 6.45) is 2.29. The van der Waals surface area contributed by atoms with Gasteiger partial charge in [0.05, 0.1) is 11.3 Å². The van der Waals surface area contributed by atoms with E-state index < -0.39 is 6.67 Å². The van der Waals surface area contributed by atoms with Gasteiger partial charge in [-0.15, -0.1) is 0 Å². The first kappa shape index (κ1) is 24.0. The summed E-state index contributed by atoms with van der Waals surface area (Å²) in [7, 11) is 0. The molecule has 5 N–H and O–H groups in total. The lowest BCUT2D eigenvalue weighted by atomic mass is 10.1. The van der Waals surface area contributed by atoms with Crippen molar-refractivity contribution < 1.29 is 14.3 Å². The van der Waals surface area contributed by atoms with Gasteiger partial charge in [-0.25, -0.2) is 9.37 Å². The number of amides is 1. The molecule has 2 heterocycles. The zero-order valence-corrected chi connectivity index (χ0v) is 19.4. The predicted octanol–water partition coefficient (Wildman–Crippen LogP) is 5.27. The van der Waals surface area contributed by atoms with Crippen LogP contribution >= 0.6 is 11.6 Å². The number of halogens is 2. The molecule has 0 spiro atoms. The lowest BCUT2D eigenvalue weighted by Crippen LogP contribution is -2.27. The van der Waals surface area contributed by atoms with E-state index in [2.05, 4.69) is 20.6 Å². The first-order chi connectivity index (χ1) is 16.9. The molecule has 0 radical (unpaired) electrons. The molecular weight excluding hydrogens is 469 g/mol. The lowest BCUT2D eigenvalue weighted by molar-refractivity contribution is 0.0954. The number of nitrogen functional groups attached to an aromatic ring is 1. The standard InChI is InChI=1S/C26H23ClFN5O2/c27-17-4-7-22(16(13-17)15-28)32-19-5-9-24(34)21(14-19)23-8-6-20(25(29)33-23)26(35)31-12-10-18-3-1-2-11-30-18/h1-9,11,13-14,32,34H,10,12,15H2,(H2,29,33)(H,31,35). The van der Waals surface area contributed by atoms with Crippen molar-refractivity contribution in [3.8, 4) is 17.0 Å². The average Bonchev–Trinajstić information content (AvgIpc) is 2.86. The highest BCUT2D eigenvalue weighted by atomic mass is 35.5. The van der Waals surface area contributed by atoms with Crippen LogP contribution in [0.4, 0.5) is 21.6 Å². The molecule has 1 amide bonds. The van der Waals surface area contributed by atoms with E-state index in [0.717, 1.165) is 5.69 Å². The maximum Gasteiger partial charge on any atom is 0.255 e. The van der Waals surface area contributed by atoms with Gasteiger partial charge in [0, 0.05) is 52.4 Å². The molecule has 9 heteroatoms. The van der Waals surface area contributed by atoms with Gasteiger partial charge >= 0.3 is 0 Å². The quantitative estimate of drug-likeness (QED) is 0.250. The number of alkyl halides is 1. The molecular formula is C26H23ClFN5O2. The van der Waals surface area contributed by atoms with Gasteiger partial charge in [0.25, 0.3) is 5.91 Å². The number of anilines is 3. The molecule has 0 saturated carbocycles. The summed E-state index contributed by atoms with van der Waals surface area (Å²) < 4.78 is 13.4. The molecule has 7 nitrogen and oxygen atoms in total. The van der Waals surface area contributed by atoms with Gasteiger partial charge < -0.3 is 21.5 Å². The summed E-state index contributed by atoms with van der Waals surface area (Å²) in [5.41, 5.74) is 9.53. The minimum Gasteiger partial charge on any atom is -0.507 e. The van der Waals surface area contributed by atoms with Gasteiger partial charge in [-0.1, -0.05) is 17.7 Å². The molecule has 0 atom stereocenters. The van der Waals surface area contributed by atoms with E-state index in [-0.39, 0.29) is 23.0 Å². The maximum absolute atomic E-state index is 13.4. The number of nitrogens with one attached hydrogen (secondary N) is 2. The second kappa shape index (κ2) is 10.8. The zero-order valence-electron chi connectivity index (χ0n) is 18.6. The minimum absolute atomic E-state index is 0.0168. The van der Waals surface area contributed by atoms with E-state index in [1.54, 1.807) is 48.7 Å². The second-order valence-corrected chi connectivity index (χ2v) is 8.18. The topological polar surface area (TPSA) is 113 Å². The van der Waals surface area contributed by atoms with Crippen molar-refractivity contribution in [2.45, 2.75) is 13.1 Å². The largest absolute Gasteiger partial charge is 0.507 e.